The Balaban J connectivity index is 1.40. The highest BCUT2D eigenvalue weighted by molar-refractivity contribution is 8.32. The van der Waals surface area contributed by atoms with Gasteiger partial charge >= 0.3 is 0 Å². The monoisotopic (exact) mass is 600 g/mol. The lowest BCUT2D eigenvalue weighted by atomic mass is 9.62. The van der Waals surface area contributed by atoms with E-state index in [1.807, 2.05) is 0 Å². The Labute approximate surface area is 259 Å². The zero-order valence-corrected chi connectivity index (χ0v) is 27.4. The zero-order valence-electron chi connectivity index (χ0n) is 25.5. The van der Waals surface area contributed by atoms with Crippen LogP contribution in [0.4, 0.5) is 0 Å². The summed E-state index contributed by atoms with van der Waals surface area (Å²) in [6.07, 6.45) is 19.0. The van der Waals surface area contributed by atoms with Gasteiger partial charge in [0.05, 0.1) is 0 Å². The third-order valence-electron chi connectivity index (χ3n) is 11.0. The number of hydrogen-bond donors (Lipinski definition) is 0. The highest BCUT2D eigenvalue weighted by Gasteiger charge is 2.69. The van der Waals surface area contributed by atoms with Gasteiger partial charge in [-0.1, -0.05) is 123 Å². The maximum absolute atomic E-state index is 15.4. The molecule has 218 valence electrons. The van der Waals surface area contributed by atoms with Gasteiger partial charge in [-0.05, 0) is 97.5 Å². The molecule has 0 heterocycles. The van der Waals surface area contributed by atoms with E-state index < -0.39 is 6.83 Å². The van der Waals surface area contributed by atoms with Crippen LogP contribution in [0, 0.1) is 11.8 Å². The summed E-state index contributed by atoms with van der Waals surface area (Å²) in [7, 11) is 0.426. The van der Waals surface area contributed by atoms with Crippen LogP contribution >= 0.6 is 15.1 Å². The number of allylic oxidation sites excluding steroid dienone is 7. The van der Waals surface area contributed by atoms with E-state index in [1.54, 1.807) is 22.3 Å². The van der Waals surface area contributed by atoms with Gasteiger partial charge < -0.3 is 4.57 Å². The van der Waals surface area contributed by atoms with E-state index in [-0.39, 0.29) is 5.41 Å². The molecular weight excluding hydrogens is 558 g/mol. The maximum atomic E-state index is 15.4. The number of benzene rings is 3. The van der Waals surface area contributed by atoms with Gasteiger partial charge in [0.25, 0.3) is 0 Å². The van der Waals surface area contributed by atoms with Crippen LogP contribution in [0.25, 0.3) is 11.6 Å². The van der Waals surface area contributed by atoms with E-state index in [2.05, 4.69) is 111 Å². The van der Waals surface area contributed by atoms with Crippen LogP contribution < -0.4 is 10.6 Å². The molecule has 6 unspecified atom stereocenters. The predicted octanol–water partition coefficient (Wildman–Crippen LogP) is 10.3. The number of rotatable bonds is 9. The Morgan fingerprint density at radius 3 is 2.49 bits per heavy atom. The smallest absolute Gasteiger partial charge is 0.160 e. The first-order chi connectivity index (χ1) is 21.1. The Kier molecular flexibility index (Phi) is 6.93. The van der Waals surface area contributed by atoms with Crippen molar-refractivity contribution < 1.29 is 4.57 Å². The standard InChI is InChI=1S/C40H42OP2/c1-3-5-18-32-30-19-12-13-20-31(30)36(27-14-8-6-9-15-27)39-37(32)34-23-24-35(33-22-21-28-26-40(28,39)38(33)34)43(41,42-25-4-2)29-16-10-7-11-17-29/h6-12,14-17,19,21-24,28,36,39,42H,3-5,13,18,20,25-26H2,1-2H3. The molecule has 6 atom stereocenters. The summed E-state index contributed by atoms with van der Waals surface area (Å²) >= 11 is 0. The van der Waals surface area contributed by atoms with E-state index in [0.29, 0.717) is 26.0 Å². The average Bonchev–Trinajstić information content (AvgIpc) is 3.75. The summed E-state index contributed by atoms with van der Waals surface area (Å²) in [5.74, 6) is 1.44. The van der Waals surface area contributed by atoms with Crippen LogP contribution in [0.15, 0.2) is 108 Å². The quantitative estimate of drug-likeness (QED) is 0.223. The van der Waals surface area contributed by atoms with E-state index in [1.165, 1.54) is 41.5 Å². The normalized spacial score (nSPS) is 27.6. The predicted molar refractivity (Wildman–Crippen MR) is 187 cm³/mol. The Hall–Kier alpha value is -2.72. The third kappa shape index (κ3) is 4.04. The second kappa shape index (κ2) is 10.7. The molecule has 5 aliphatic carbocycles. The molecule has 8 rings (SSSR count). The molecule has 43 heavy (non-hydrogen) atoms. The first-order valence-electron chi connectivity index (χ1n) is 16.6. The molecule has 1 nitrogen and oxygen atoms in total. The molecule has 0 aliphatic heterocycles. The van der Waals surface area contributed by atoms with Gasteiger partial charge in [0, 0.05) is 27.9 Å². The molecule has 0 N–H and O–H groups in total. The summed E-state index contributed by atoms with van der Waals surface area (Å²) in [6.45, 7) is 1.78. The lowest BCUT2D eigenvalue weighted by molar-refractivity contribution is 0.435. The fourth-order valence-corrected chi connectivity index (χ4v) is 15.4. The van der Waals surface area contributed by atoms with E-state index >= 15 is 4.57 Å². The molecule has 3 heteroatoms. The van der Waals surface area contributed by atoms with E-state index in [0.717, 1.165) is 42.5 Å². The number of unbranched alkanes of at least 4 members (excludes halogenated alkanes) is 1. The second-order valence-electron chi connectivity index (χ2n) is 13.2. The molecular formula is C40H42OP2. The summed E-state index contributed by atoms with van der Waals surface area (Å²) in [6, 6.07) is 26.6. The summed E-state index contributed by atoms with van der Waals surface area (Å²) in [5, 5.41) is 2.15. The lowest BCUT2D eigenvalue weighted by Crippen LogP contribution is -2.31. The summed E-state index contributed by atoms with van der Waals surface area (Å²) in [5.41, 5.74) is 12.4. The number of fused-ring (bicyclic) bond motifs is 2. The molecule has 3 aromatic rings. The third-order valence-corrected chi connectivity index (χ3v) is 17.7. The van der Waals surface area contributed by atoms with E-state index in [4.69, 9.17) is 0 Å². The minimum Gasteiger partial charge on any atom is -0.309 e. The molecule has 0 bridgehead atoms. The van der Waals surface area contributed by atoms with Crippen molar-refractivity contribution in [2.75, 3.05) is 6.16 Å². The summed E-state index contributed by atoms with van der Waals surface area (Å²) < 4.78 is 15.4. The summed E-state index contributed by atoms with van der Waals surface area (Å²) in [4.78, 5) is 0. The molecule has 0 aromatic heterocycles. The highest BCUT2D eigenvalue weighted by atomic mass is 32.1. The largest absolute Gasteiger partial charge is 0.309 e. The van der Waals surface area contributed by atoms with Gasteiger partial charge in [-0.2, -0.15) is 0 Å². The van der Waals surface area contributed by atoms with Crippen molar-refractivity contribution >= 4 is 37.4 Å². The van der Waals surface area contributed by atoms with Gasteiger partial charge in [0.15, 0.2) is 6.83 Å². The van der Waals surface area contributed by atoms with Crippen LogP contribution in [-0.2, 0) is 9.98 Å². The van der Waals surface area contributed by atoms with Gasteiger partial charge in [-0.3, -0.25) is 0 Å². The van der Waals surface area contributed by atoms with Crippen molar-refractivity contribution in [3.63, 3.8) is 0 Å². The Morgan fingerprint density at radius 2 is 1.72 bits per heavy atom. The van der Waals surface area contributed by atoms with Crippen molar-refractivity contribution in [1.29, 1.82) is 0 Å². The van der Waals surface area contributed by atoms with Gasteiger partial charge in [0.2, 0.25) is 0 Å². The molecule has 1 fully saturated rings. The van der Waals surface area contributed by atoms with Crippen molar-refractivity contribution in [2.45, 2.75) is 70.1 Å². The molecule has 0 radical (unpaired) electrons. The molecule has 0 amide bonds. The van der Waals surface area contributed by atoms with Crippen LogP contribution in [0.5, 0.6) is 0 Å². The van der Waals surface area contributed by atoms with E-state index in [9.17, 15) is 0 Å². The van der Waals surface area contributed by atoms with Crippen molar-refractivity contribution in [1.82, 2.24) is 0 Å². The first kappa shape index (κ1) is 27.8. The fourth-order valence-electron chi connectivity index (χ4n) is 9.12. The van der Waals surface area contributed by atoms with Crippen LogP contribution in [0.3, 0.4) is 0 Å². The Morgan fingerprint density at radius 1 is 0.930 bits per heavy atom. The molecule has 1 spiro atoms. The first-order valence-corrected chi connectivity index (χ1v) is 20.3. The van der Waals surface area contributed by atoms with Crippen molar-refractivity contribution in [2.24, 2.45) is 11.8 Å². The minimum absolute atomic E-state index is 0.123. The SMILES string of the molecule is CCCCC1=C2c3ccc(P(=O)(PCCC)c4ccccc4)c4c3C3(CC3C=C4)C2C(c2ccccc2)C2=C1C=CCC2. The average molecular weight is 601 g/mol. The van der Waals surface area contributed by atoms with Gasteiger partial charge in [0.1, 0.15) is 0 Å². The van der Waals surface area contributed by atoms with Crippen LogP contribution in [-0.4, -0.2) is 6.16 Å². The van der Waals surface area contributed by atoms with Crippen LogP contribution in [0.2, 0.25) is 0 Å². The fraction of sp³-hybridized carbons (Fsp3) is 0.350. The minimum atomic E-state index is -2.76. The number of hydrogen-bond acceptors (Lipinski definition) is 1. The van der Waals surface area contributed by atoms with Crippen molar-refractivity contribution in [3.05, 3.63) is 130 Å². The van der Waals surface area contributed by atoms with Gasteiger partial charge in [-0.15, -0.1) is 0 Å². The maximum Gasteiger partial charge on any atom is 0.160 e. The molecule has 5 aliphatic rings. The topological polar surface area (TPSA) is 17.1 Å². The highest BCUT2D eigenvalue weighted by Crippen LogP contribution is 2.76. The second-order valence-corrected chi connectivity index (χ2v) is 19.1. The molecule has 1 saturated carbocycles. The van der Waals surface area contributed by atoms with Crippen LogP contribution in [0.1, 0.15) is 87.0 Å². The zero-order chi connectivity index (χ0) is 29.2. The Bertz CT molecular complexity index is 1760. The van der Waals surface area contributed by atoms with Crippen molar-refractivity contribution in [3.8, 4) is 0 Å². The van der Waals surface area contributed by atoms with Gasteiger partial charge in [-0.25, -0.2) is 0 Å². The molecule has 3 aromatic carbocycles. The lowest BCUT2D eigenvalue weighted by Gasteiger charge is -2.41. The molecule has 0 saturated heterocycles.